The van der Waals surface area contributed by atoms with Gasteiger partial charge in [-0.15, -0.1) is 0 Å². The Morgan fingerprint density at radius 1 is 1.30 bits per heavy atom. The number of pyridine rings is 2. The molecule has 162 valence electrons. The maximum Gasteiger partial charge on any atom is 0.416 e. The third kappa shape index (κ3) is 5.34. The molecule has 1 N–H and O–H groups in total. The van der Waals surface area contributed by atoms with E-state index >= 15 is 0 Å². The molecule has 0 aliphatic carbocycles. The van der Waals surface area contributed by atoms with Crippen molar-refractivity contribution in [2.24, 2.45) is 0 Å². The molecule has 2 aromatic rings. The highest BCUT2D eigenvalue weighted by Crippen LogP contribution is 2.31. The minimum absolute atomic E-state index is 0.0221. The summed E-state index contributed by atoms with van der Waals surface area (Å²) in [5.74, 6) is 0.630. The zero-order chi connectivity index (χ0) is 21.9. The highest BCUT2D eigenvalue weighted by atomic mass is 32.2. The van der Waals surface area contributed by atoms with E-state index in [1.54, 1.807) is 36.5 Å². The topological polar surface area (TPSA) is 101 Å². The van der Waals surface area contributed by atoms with E-state index in [2.05, 4.69) is 14.7 Å². The second-order valence-corrected chi connectivity index (χ2v) is 10.3. The van der Waals surface area contributed by atoms with Crippen LogP contribution in [0.3, 0.4) is 0 Å². The first kappa shape index (κ1) is 22.2. The van der Waals surface area contributed by atoms with Gasteiger partial charge in [-0.3, -0.25) is 9.88 Å². The number of nitrogens with zero attached hydrogens (tertiary/aromatic N) is 3. The number of anilines is 1. The first-order chi connectivity index (χ1) is 14.1. The molecule has 0 atom stereocenters. The van der Waals surface area contributed by atoms with Crippen LogP contribution in [0.25, 0.3) is 11.1 Å². The molecule has 0 unspecified atom stereocenters. The Balaban J connectivity index is 1.89. The fourth-order valence-electron chi connectivity index (χ4n) is 3.23. The van der Waals surface area contributed by atoms with Crippen LogP contribution in [0.5, 0.6) is 0 Å². The summed E-state index contributed by atoms with van der Waals surface area (Å²) in [5.41, 5.74) is 2.82. The zero-order valence-electron chi connectivity index (χ0n) is 17.8. The molecule has 3 heterocycles. The predicted octanol–water partition coefficient (Wildman–Crippen LogP) is 3.27. The molecular formula is C21H28N4O4S. The molecule has 8 nitrogen and oxygen atoms in total. The lowest BCUT2D eigenvalue weighted by Gasteiger charge is -2.31. The molecular weight excluding hydrogens is 404 g/mol. The molecule has 0 bridgehead atoms. The third-order valence-corrected chi connectivity index (χ3v) is 6.07. The van der Waals surface area contributed by atoms with Crippen LogP contribution in [-0.2, 0) is 27.7 Å². The minimum atomic E-state index is -3.31. The van der Waals surface area contributed by atoms with Gasteiger partial charge in [-0.1, -0.05) is 0 Å². The second kappa shape index (κ2) is 8.69. The van der Waals surface area contributed by atoms with Crippen molar-refractivity contribution < 1.29 is 17.9 Å². The van der Waals surface area contributed by atoms with E-state index < -0.39 is 21.7 Å². The molecule has 30 heavy (non-hydrogen) atoms. The van der Waals surface area contributed by atoms with E-state index in [4.69, 9.17) is 4.74 Å². The van der Waals surface area contributed by atoms with Crippen molar-refractivity contribution in [2.75, 3.05) is 17.2 Å². The van der Waals surface area contributed by atoms with E-state index in [0.29, 0.717) is 12.4 Å². The first-order valence-corrected chi connectivity index (χ1v) is 11.6. The van der Waals surface area contributed by atoms with Gasteiger partial charge >= 0.3 is 6.09 Å². The second-order valence-electron chi connectivity index (χ2n) is 8.20. The Bertz CT molecular complexity index is 1030. The highest BCUT2D eigenvalue weighted by Gasteiger charge is 2.28. The lowest BCUT2D eigenvalue weighted by Crippen LogP contribution is -2.40. The molecule has 2 aromatic heterocycles. The Morgan fingerprint density at radius 3 is 2.77 bits per heavy atom. The van der Waals surface area contributed by atoms with Gasteiger partial charge in [-0.2, -0.15) is 0 Å². The number of nitrogens with one attached hydrogen (secondary N) is 1. The molecule has 0 fully saturated rings. The number of carbonyl (C=O) groups excluding carboxylic acids is 1. The number of hydrogen-bond donors (Lipinski definition) is 1. The summed E-state index contributed by atoms with van der Waals surface area (Å²) in [6, 6.07) is 3.79. The van der Waals surface area contributed by atoms with Crippen molar-refractivity contribution in [3.63, 3.8) is 0 Å². The molecule has 0 saturated heterocycles. The van der Waals surface area contributed by atoms with Gasteiger partial charge in [0.25, 0.3) is 0 Å². The van der Waals surface area contributed by atoms with Crippen molar-refractivity contribution in [2.45, 2.75) is 52.7 Å². The molecule has 0 spiro atoms. The minimum Gasteiger partial charge on any atom is -0.443 e. The summed E-state index contributed by atoms with van der Waals surface area (Å²) >= 11 is 0. The molecule has 1 aliphatic rings. The third-order valence-electron chi connectivity index (χ3n) is 4.73. The van der Waals surface area contributed by atoms with Gasteiger partial charge in [0.05, 0.1) is 5.75 Å². The van der Waals surface area contributed by atoms with E-state index in [1.165, 1.54) is 0 Å². The lowest BCUT2D eigenvalue weighted by atomic mass is 9.99. The Morgan fingerprint density at radius 2 is 2.07 bits per heavy atom. The standard InChI is InChI=1S/C21H28N4O4S/c1-5-30(27,28)24-13-16-8-9-22-14-18(16)17-11-15-7-6-10-25(19(15)23-12-17)20(26)29-21(2,3)4/h8-9,11-12,14,24H,5-7,10,13H2,1-4H3. The summed E-state index contributed by atoms with van der Waals surface area (Å²) in [5, 5.41) is 0. The van der Waals surface area contributed by atoms with Crippen LogP contribution in [0.1, 0.15) is 45.2 Å². The van der Waals surface area contributed by atoms with Crippen molar-refractivity contribution in [1.29, 1.82) is 0 Å². The number of hydrogen-bond acceptors (Lipinski definition) is 6. The monoisotopic (exact) mass is 432 g/mol. The van der Waals surface area contributed by atoms with Crippen LogP contribution < -0.4 is 9.62 Å². The van der Waals surface area contributed by atoms with Gasteiger partial charge in [0.1, 0.15) is 11.4 Å². The van der Waals surface area contributed by atoms with E-state index in [0.717, 1.165) is 35.1 Å². The van der Waals surface area contributed by atoms with E-state index in [1.807, 2.05) is 26.8 Å². The Kier molecular flexibility index (Phi) is 6.42. The van der Waals surface area contributed by atoms with Crippen LogP contribution in [0.4, 0.5) is 10.6 Å². The molecule has 0 saturated carbocycles. The van der Waals surface area contributed by atoms with Crippen LogP contribution in [-0.4, -0.2) is 42.4 Å². The normalized spacial score (nSPS) is 14.3. The van der Waals surface area contributed by atoms with Crippen LogP contribution >= 0.6 is 0 Å². The summed E-state index contributed by atoms with van der Waals surface area (Å²) in [6.45, 7) is 7.84. The van der Waals surface area contributed by atoms with Gasteiger partial charge in [-0.05, 0) is 63.8 Å². The highest BCUT2D eigenvalue weighted by molar-refractivity contribution is 7.89. The molecule has 1 amide bonds. The summed E-state index contributed by atoms with van der Waals surface area (Å²) < 4.78 is 31.8. The quantitative estimate of drug-likeness (QED) is 0.778. The first-order valence-electron chi connectivity index (χ1n) is 9.99. The lowest BCUT2D eigenvalue weighted by molar-refractivity contribution is 0.0576. The van der Waals surface area contributed by atoms with E-state index in [-0.39, 0.29) is 12.3 Å². The number of rotatable bonds is 5. The van der Waals surface area contributed by atoms with E-state index in [9.17, 15) is 13.2 Å². The maximum absolute atomic E-state index is 12.6. The van der Waals surface area contributed by atoms with Gasteiger partial charge < -0.3 is 4.74 Å². The van der Waals surface area contributed by atoms with Gasteiger partial charge in [-0.25, -0.2) is 22.9 Å². The molecule has 1 aliphatic heterocycles. The Labute approximate surface area is 177 Å². The number of carbonyl (C=O) groups is 1. The zero-order valence-corrected chi connectivity index (χ0v) is 18.6. The average Bonchev–Trinajstić information content (AvgIpc) is 2.70. The number of fused-ring (bicyclic) bond motifs is 1. The molecule has 3 rings (SSSR count). The number of ether oxygens (including phenoxy) is 1. The maximum atomic E-state index is 12.6. The molecule has 0 aromatic carbocycles. The van der Waals surface area contributed by atoms with Crippen LogP contribution in [0.15, 0.2) is 30.7 Å². The van der Waals surface area contributed by atoms with Crippen LogP contribution in [0.2, 0.25) is 0 Å². The smallest absolute Gasteiger partial charge is 0.416 e. The summed E-state index contributed by atoms with van der Waals surface area (Å²) in [7, 11) is -3.31. The summed E-state index contributed by atoms with van der Waals surface area (Å²) in [4.78, 5) is 22.9. The Hall–Kier alpha value is -2.52. The van der Waals surface area contributed by atoms with Crippen molar-refractivity contribution >= 4 is 21.9 Å². The number of aryl methyl sites for hydroxylation is 1. The van der Waals surface area contributed by atoms with Crippen molar-refractivity contribution in [3.05, 3.63) is 41.9 Å². The molecule has 9 heteroatoms. The van der Waals surface area contributed by atoms with Gasteiger partial charge in [0, 0.05) is 42.8 Å². The largest absolute Gasteiger partial charge is 0.443 e. The SMILES string of the molecule is CCS(=O)(=O)NCc1ccncc1-c1cnc2c(c1)CCCN2C(=O)OC(C)(C)C. The van der Waals surface area contributed by atoms with Gasteiger partial charge in [0.15, 0.2) is 0 Å². The van der Waals surface area contributed by atoms with Crippen molar-refractivity contribution in [1.82, 2.24) is 14.7 Å². The molecule has 0 radical (unpaired) electrons. The van der Waals surface area contributed by atoms with Gasteiger partial charge in [0.2, 0.25) is 10.0 Å². The van der Waals surface area contributed by atoms with Crippen LogP contribution in [0, 0.1) is 0 Å². The number of sulfonamides is 1. The number of aromatic nitrogens is 2. The fourth-order valence-corrected chi connectivity index (χ4v) is 3.81. The number of amides is 1. The summed E-state index contributed by atoms with van der Waals surface area (Å²) in [6.07, 6.45) is 6.24. The van der Waals surface area contributed by atoms with Crippen molar-refractivity contribution in [3.8, 4) is 11.1 Å². The average molecular weight is 433 g/mol. The fraction of sp³-hybridized carbons (Fsp3) is 0.476. The predicted molar refractivity (Wildman–Crippen MR) is 116 cm³/mol.